The van der Waals surface area contributed by atoms with Crippen molar-refractivity contribution in [1.29, 1.82) is 0 Å². The van der Waals surface area contributed by atoms with Crippen molar-refractivity contribution in [3.8, 4) is 5.69 Å². The van der Waals surface area contributed by atoms with E-state index in [-0.39, 0.29) is 6.61 Å². The molecule has 5 heteroatoms. The van der Waals surface area contributed by atoms with Gasteiger partial charge in [0.1, 0.15) is 0 Å². The minimum atomic E-state index is -0.00812. The first-order valence-electron chi connectivity index (χ1n) is 4.88. The Morgan fingerprint density at radius 1 is 1.50 bits per heavy atom. The largest absolute Gasteiger partial charge is 0.390 e. The summed E-state index contributed by atoms with van der Waals surface area (Å²) in [4.78, 5) is 5.36. The lowest BCUT2D eigenvalue weighted by Gasteiger charge is -2.19. The van der Waals surface area contributed by atoms with Crippen LogP contribution in [-0.2, 0) is 12.4 Å². The third-order valence-electron chi connectivity index (χ3n) is 2.65. The van der Waals surface area contributed by atoms with E-state index in [4.69, 9.17) is 16.7 Å². The van der Waals surface area contributed by atoms with Crippen LogP contribution in [0.2, 0.25) is 5.02 Å². The van der Waals surface area contributed by atoms with Gasteiger partial charge >= 0.3 is 0 Å². The molecule has 82 valence electrons. The molecule has 1 aliphatic heterocycles. The van der Waals surface area contributed by atoms with E-state index in [0.717, 1.165) is 32.7 Å². The van der Waals surface area contributed by atoms with Crippen LogP contribution in [0.4, 0.5) is 0 Å². The molecule has 0 bridgehead atoms. The highest BCUT2D eigenvalue weighted by Gasteiger charge is 2.19. The number of rotatable bonds is 1. The Bertz CT molecular complexity index is 553. The maximum absolute atomic E-state index is 9.17. The van der Waals surface area contributed by atoms with Gasteiger partial charge in [0, 0.05) is 15.7 Å². The third kappa shape index (κ3) is 1.45. The molecule has 2 aromatic rings. The average molecular weight is 253 g/mol. The molecule has 0 aliphatic carbocycles. The van der Waals surface area contributed by atoms with Crippen LogP contribution in [0.25, 0.3) is 5.69 Å². The van der Waals surface area contributed by atoms with Crippen LogP contribution < -0.4 is 0 Å². The highest BCUT2D eigenvalue weighted by Crippen LogP contribution is 2.37. The topological polar surface area (TPSA) is 38.1 Å². The number of aliphatic hydroxyl groups is 1. The van der Waals surface area contributed by atoms with Gasteiger partial charge in [-0.15, -0.1) is 11.8 Å². The SMILES string of the molecule is OCc1ncn2c1CSc1cc(Cl)ccc1-2. The molecular weight excluding hydrogens is 244 g/mol. The monoisotopic (exact) mass is 252 g/mol. The molecule has 1 N–H and O–H groups in total. The lowest BCUT2D eigenvalue weighted by Crippen LogP contribution is -2.06. The summed E-state index contributed by atoms with van der Waals surface area (Å²) in [7, 11) is 0. The molecule has 1 aliphatic rings. The zero-order chi connectivity index (χ0) is 11.1. The molecule has 3 nitrogen and oxygen atoms in total. The summed E-state index contributed by atoms with van der Waals surface area (Å²) in [5, 5.41) is 9.92. The van der Waals surface area contributed by atoms with Crippen LogP contribution in [-0.4, -0.2) is 14.7 Å². The van der Waals surface area contributed by atoms with E-state index in [1.54, 1.807) is 18.1 Å². The lowest BCUT2D eigenvalue weighted by atomic mass is 10.3. The van der Waals surface area contributed by atoms with Crippen LogP contribution in [0.1, 0.15) is 11.4 Å². The molecule has 0 amide bonds. The third-order valence-corrected chi connectivity index (χ3v) is 3.94. The Labute approximate surface area is 102 Å². The Morgan fingerprint density at radius 2 is 2.38 bits per heavy atom. The van der Waals surface area contributed by atoms with E-state index < -0.39 is 0 Å². The highest BCUT2D eigenvalue weighted by atomic mass is 35.5. The van der Waals surface area contributed by atoms with Gasteiger partial charge in [-0.25, -0.2) is 4.98 Å². The van der Waals surface area contributed by atoms with E-state index >= 15 is 0 Å². The van der Waals surface area contributed by atoms with Gasteiger partial charge in [0.25, 0.3) is 0 Å². The Hall–Kier alpha value is -0.970. The summed E-state index contributed by atoms with van der Waals surface area (Å²) in [5.41, 5.74) is 2.92. The van der Waals surface area contributed by atoms with Crippen molar-refractivity contribution in [2.45, 2.75) is 17.3 Å². The molecule has 0 atom stereocenters. The van der Waals surface area contributed by atoms with E-state index in [0.29, 0.717) is 0 Å². The molecule has 0 saturated heterocycles. The molecule has 0 unspecified atom stereocenters. The van der Waals surface area contributed by atoms with Gasteiger partial charge in [-0.1, -0.05) is 11.6 Å². The molecular formula is C11H9ClN2OS. The zero-order valence-corrected chi connectivity index (χ0v) is 9.92. The van der Waals surface area contributed by atoms with Gasteiger partial charge < -0.3 is 9.67 Å². The minimum absolute atomic E-state index is 0.00812. The van der Waals surface area contributed by atoms with Crippen molar-refractivity contribution in [3.63, 3.8) is 0 Å². The first kappa shape index (κ1) is 10.2. The minimum Gasteiger partial charge on any atom is -0.390 e. The van der Waals surface area contributed by atoms with Crippen molar-refractivity contribution in [2.75, 3.05) is 0 Å². The second-order valence-electron chi connectivity index (χ2n) is 3.57. The summed E-state index contributed by atoms with van der Waals surface area (Å²) in [6, 6.07) is 5.81. The number of benzene rings is 1. The molecule has 0 fully saturated rings. The molecule has 3 rings (SSSR count). The van der Waals surface area contributed by atoms with Gasteiger partial charge in [-0.05, 0) is 18.2 Å². The van der Waals surface area contributed by atoms with E-state index in [1.807, 2.05) is 22.8 Å². The van der Waals surface area contributed by atoms with Gasteiger partial charge in [0.05, 0.1) is 30.0 Å². The van der Waals surface area contributed by atoms with Crippen LogP contribution >= 0.6 is 23.4 Å². The summed E-state index contributed by atoms with van der Waals surface area (Å²) >= 11 is 7.68. The predicted octanol–water partition coefficient (Wildman–Crippen LogP) is 2.62. The number of aromatic nitrogens is 2. The summed E-state index contributed by atoms with van der Waals surface area (Å²) in [6.45, 7) is -0.00812. The van der Waals surface area contributed by atoms with Crippen LogP contribution in [0.5, 0.6) is 0 Å². The standard InChI is InChI=1S/C11H9ClN2OS/c12-7-1-2-9-11(3-7)16-5-10-8(4-15)13-6-14(9)10/h1-3,6,15H,4-5H2. The first-order chi connectivity index (χ1) is 7.79. The Kier molecular flexibility index (Phi) is 2.42. The number of hydrogen-bond acceptors (Lipinski definition) is 3. The highest BCUT2D eigenvalue weighted by molar-refractivity contribution is 7.98. The maximum Gasteiger partial charge on any atom is 0.0999 e. The summed E-state index contributed by atoms with van der Waals surface area (Å²) < 4.78 is 2.02. The number of halogens is 1. The quantitative estimate of drug-likeness (QED) is 0.848. The average Bonchev–Trinajstić information content (AvgIpc) is 2.71. The van der Waals surface area contributed by atoms with Crippen molar-refractivity contribution in [3.05, 3.63) is 40.9 Å². The molecule has 1 aromatic carbocycles. The lowest BCUT2D eigenvalue weighted by molar-refractivity contribution is 0.276. The van der Waals surface area contributed by atoms with Crippen molar-refractivity contribution in [1.82, 2.24) is 9.55 Å². The fourth-order valence-corrected chi connectivity index (χ4v) is 3.21. The number of nitrogens with zero attached hydrogens (tertiary/aromatic N) is 2. The van der Waals surface area contributed by atoms with Crippen molar-refractivity contribution in [2.24, 2.45) is 0 Å². The van der Waals surface area contributed by atoms with E-state index in [2.05, 4.69) is 4.98 Å². The van der Waals surface area contributed by atoms with E-state index in [1.165, 1.54) is 0 Å². The maximum atomic E-state index is 9.17. The van der Waals surface area contributed by atoms with E-state index in [9.17, 15) is 0 Å². The second kappa shape index (κ2) is 3.80. The number of aliphatic hydroxyl groups excluding tert-OH is 1. The fraction of sp³-hybridized carbons (Fsp3) is 0.182. The number of thioether (sulfide) groups is 1. The van der Waals surface area contributed by atoms with Crippen LogP contribution in [0.15, 0.2) is 29.4 Å². The van der Waals surface area contributed by atoms with Crippen LogP contribution in [0, 0.1) is 0 Å². The van der Waals surface area contributed by atoms with Gasteiger partial charge in [-0.3, -0.25) is 0 Å². The fourth-order valence-electron chi connectivity index (χ4n) is 1.85. The summed E-state index contributed by atoms with van der Waals surface area (Å²) in [5.74, 6) is 0.823. The van der Waals surface area contributed by atoms with Crippen molar-refractivity contribution >= 4 is 23.4 Å². The first-order valence-corrected chi connectivity index (χ1v) is 6.24. The Morgan fingerprint density at radius 3 is 3.19 bits per heavy atom. The van der Waals surface area contributed by atoms with Crippen LogP contribution in [0.3, 0.4) is 0 Å². The zero-order valence-electron chi connectivity index (χ0n) is 8.35. The normalized spacial score (nSPS) is 13.4. The van der Waals surface area contributed by atoms with Crippen molar-refractivity contribution < 1.29 is 5.11 Å². The summed E-state index contributed by atoms with van der Waals surface area (Å²) in [6.07, 6.45) is 1.76. The molecule has 0 saturated carbocycles. The molecule has 0 radical (unpaired) electrons. The number of fused-ring (bicyclic) bond motifs is 3. The molecule has 2 heterocycles. The molecule has 16 heavy (non-hydrogen) atoms. The Balaban J connectivity index is 2.20. The smallest absolute Gasteiger partial charge is 0.0999 e. The predicted molar refractivity (Wildman–Crippen MR) is 64.1 cm³/mol. The molecule has 0 spiro atoms. The van der Waals surface area contributed by atoms with Gasteiger partial charge in [-0.2, -0.15) is 0 Å². The number of imidazole rings is 1. The number of hydrogen-bond donors (Lipinski definition) is 1. The second-order valence-corrected chi connectivity index (χ2v) is 5.02. The molecule has 1 aromatic heterocycles. The van der Waals surface area contributed by atoms with Gasteiger partial charge in [0.2, 0.25) is 0 Å². The van der Waals surface area contributed by atoms with Gasteiger partial charge in [0.15, 0.2) is 0 Å².